The van der Waals surface area contributed by atoms with Crippen molar-refractivity contribution in [2.24, 2.45) is 0 Å². The molecule has 0 amide bonds. The van der Waals surface area contributed by atoms with Gasteiger partial charge in [-0.3, -0.25) is 4.90 Å². The quantitative estimate of drug-likeness (QED) is 0.584. The fourth-order valence-corrected chi connectivity index (χ4v) is 5.38. The molecule has 2 saturated heterocycles. The normalized spacial score (nSPS) is 19.9. The van der Waals surface area contributed by atoms with Gasteiger partial charge in [0.05, 0.1) is 13.2 Å². The Morgan fingerprint density at radius 3 is 2.35 bits per heavy atom. The van der Waals surface area contributed by atoms with Crippen molar-refractivity contribution in [3.63, 3.8) is 0 Å². The summed E-state index contributed by atoms with van der Waals surface area (Å²) < 4.78 is 5.47. The second-order valence-electron chi connectivity index (χ2n) is 10.0. The highest BCUT2D eigenvalue weighted by atomic mass is 16.5. The van der Waals surface area contributed by atoms with Crippen molar-refractivity contribution in [3.8, 4) is 11.4 Å². The van der Waals surface area contributed by atoms with Gasteiger partial charge in [0.2, 0.25) is 0 Å². The van der Waals surface area contributed by atoms with Crippen LogP contribution in [0.2, 0.25) is 0 Å². The second-order valence-corrected chi connectivity index (χ2v) is 10.0. The van der Waals surface area contributed by atoms with E-state index in [1.807, 2.05) is 0 Å². The minimum atomic E-state index is 0.862. The molecule has 2 fully saturated rings. The molecule has 3 aliphatic rings. The number of nitrogens with zero attached hydrogens (tertiary/aromatic N) is 6. The molecule has 1 aromatic heterocycles. The van der Waals surface area contributed by atoms with Crippen LogP contribution in [-0.4, -0.2) is 98.9 Å². The lowest BCUT2D eigenvalue weighted by Gasteiger charge is -2.34. The van der Waals surface area contributed by atoms with Crippen molar-refractivity contribution in [2.45, 2.75) is 32.6 Å². The molecular formula is C27H40N6O. The van der Waals surface area contributed by atoms with Crippen LogP contribution in [0.5, 0.6) is 0 Å². The van der Waals surface area contributed by atoms with Crippen LogP contribution in [-0.2, 0) is 11.2 Å². The molecule has 0 unspecified atom stereocenters. The molecule has 0 saturated carbocycles. The van der Waals surface area contributed by atoms with Gasteiger partial charge < -0.3 is 19.4 Å². The standard InChI is InChI=1S/C27H40N6O/c1-22-25-6-5-13-33(12-4-3-11-31-18-20-34-21-19-31)27(25)29-26(28-22)23-7-9-24(10-8-23)32-16-14-30(2)15-17-32/h7-10H,3-6,11-21H2,1-2H3. The highest BCUT2D eigenvalue weighted by molar-refractivity contribution is 5.64. The van der Waals surface area contributed by atoms with Crippen LogP contribution in [0.3, 0.4) is 0 Å². The van der Waals surface area contributed by atoms with E-state index in [4.69, 9.17) is 14.7 Å². The van der Waals surface area contributed by atoms with Gasteiger partial charge in [0.1, 0.15) is 5.82 Å². The third kappa shape index (κ3) is 5.53. The molecule has 0 radical (unpaired) electrons. The Balaban J connectivity index is 1.25. The summed E-state index contributed by atoms with van der Waals surface area (Å²) in [4.78, 5) is 19.9. The Labute approximate surface area is 204 Å². The molecule has 3 aliphatic heterocycles. The Bertz CT molecular complexity index is 935. The average Bonchev–Trinajstić information content (AvgIpc) is 2.88. The minimum absolute atomic E-state index is 0.862. The summed E-state index contributed by atoms with van der Waals surface area (Å²) in [5.74, 6) is 2.03. The summed E-state index contributed by atoms with van der Waals surface area (Å²) >= 11 is 0. The Morgan fingerprint density at radius 1 is 0.853 bits per heavy atom. The molecule has 1 aromatic carbocycles. The van der Waals surface area contributed by atoms with Crippen LogP contribution in [0.25, 0.3) is 11.4 Å². The second kappa shape index (κ2) is 11.0. The van der Waals surface area contributed by atoms with Gasteiger partial charge in [0, 0.05) is 74.9 Å². The first-order chi connectivity index (χ1) is 16.7. The first kappa shape index (κ1) is 23.5. The number of ether oxygens (including phenoxy) is 1. The Hall–Kier alpha value is -2.22. The van der Waals surface area contributed by atoms with Crippen molar-refractivity contribution in [1.29, 1.82) is 0 Å². The van der Waals surface area contributed by atoms with Gasteiger partial charge in [0.15, 0.2) is 5.82 Å². The SMILES string of the molecule is Cc1nc(-c2ccc(N3CCN(C)CC3)cc2)nc2c1CCCN2CCCCN1CCOCC1. The molecular weight excluding hydrogens is 424 g/mol. The number of likely N-dealkylation sites (N-methyl/N-ethyl adjacent to an activating group) is 1. The van der Waals surface area contributed by atoms with Crippen LogP contribution in [0.1, 0.15) is 30.5 Å². The Kier molecular flexibility index (Phi) is 7.62. The number of aromatic nitrogens is 2. The number of unbranched alkanes of at least 4 members (excludes halogenated alkanes) is 1. The summed E-state index contributed by atoms with van der Waals surface area (Å²) in [6.07, 6.45) is 4.72. The maximum Gasteiger partial charge on any atom is 0.161 e. The Morgan fingerprint density at radius 2 is 1.59 bits per heavy atom. The lowest BCUT2D eigenvalue weighted by Crippen LogP contribution is -2.44. The predicted octanol–water partition coefficient (Wildman–Crippen LogP) is 3.07. The van der Waals surface area contributed by atoms with E-state index in [-0.39, 0.29) is 0 Å². The molecule has 4 heterocycles. The van der Waals surface area contributed by atoms with Crippen molar-refractivity contribution >= 4 is 11.5 Å². The number of benzene rings is 1. The largest absolute Gasteiger partial charge is 0.379 e. The fourth-order valence-electron chi connectivity index (χ4n) is 5.38. The minimum Gasteiger partial charge on any atom is -0.379 e. The number of fused-ring (bicyclic) bond motifs is 1. The average molecular weight is 465 g/mol. The molecule has 0 bridgehead atoms. The number of hydrogen-bond acceptors (Lipinski definition) is 7. The van der Waals surface area contributed by atoms with Crippen molar-refractivity contribution in [2.75, 3.05) is 89.0 Å². The number of morpholine rings is 1. The molecule has 0 N–H and O–H groups in total. The van der Waals surface area contributed by atoms with Gasteiger partial charge in [-0.05, 0) is 70.5 Å². The molecule has 0 spiro atoms. The zero-order valence-electron chi connectivity index (χ0n) is 21.0. The van der Waals surface area contributed by atoms with Crippen molar-refractivity contribution in [3.05, 3.63) is 35.5 Å². The fraction of sp³-hybridized carbons (Fsp3) is 0.630. The number of hydrogen-bond donors (Lipinski definition) is 0. The van der Waals surface area contributed by atoms with Crippen molar-refractivity contribution in [1.82, 2.24) is 19.8 Å². The van der Waals surface area contributed by atoms with E-state index in [1.54, 1.807) is 0 Å². The third-order valence-corrected chi connectivity index (χ3v) is 7.60. The van der Waals surface area contributed by atoms with Gasteiger partial charge in [-0.25, -0.2) is 9.97 Å². The van der Waals surface area contributed by atoms with Gasteiger partial charge in [-0.1, -0.05) is 0 Å². The van der Waals surface area contributed by atoms with Crippen LogP contribution >= 0.6 is 0 Å². The summed E-state index contributed by atoms with van der Waals surface area (Å²) in [6.45, 7) is 13.9. The summed E-state index contributed by atoms with van der Waals surface area (Å²) in [6, 6.07) is 8.87. The molecule has 34 heavy (non-hydrogen) atoms. The lowest BCUT2D eigenvalue weighted by atomic mass is 10.0. The van der Waals surface area contributed by atoms with E-state index in [1.165, 1.54) is 42.9 Å². The number of piperazine rings is 1. The van der Waals surface area contributed by atoms with Crippen LogP contribution < -0.4 is 9.80 Å². The first-order valence-corrected chi connectivity index (χ1v) is 13.1. The summed E-state index contributed by atoms with van der Waals surface area (Å²) in [5, 5.41) is 0. The molecule has 0 aliphatic carbocycles. The first-order valence-electron chi connectivity index (χ1n) is 13.1. The van der Waals surface area contributed by atoms with E-state index in [2.05, 4.69) is 57.8 Å². The van der Waals surface area contributed by atoms with Crippen LogP contribution in [0, 0.1) is 6.92 Å². The predicted molar refractivity (Wildman–Crippen MR) is 139 cm³/mol. The van der Waals surface area contributed by atoms with Gasteiger partial charge in [-0.2, -0.15) is 0 Å². The van der Waals surface area contributed by atoms with Crippen LogP contribution in [0.15, 0.2) is 24.3 Å². The molecule has 184 valence electrons. The maximum absolute atomic E-state index is 5.47. The highest BCUT2D eigenvalue weighted by Gasteiger charge is 2.22. The monoisotopic (exact) mass is 464 g/mol. The van der Waals surface area contributed by atoms with Gasteiger partial charge in [0.25, 0.3) is 0 Å². The zero-order chi connectivity index (χ0) is 23.3. The zero-order valence-corrected chi connectivity index (χ0v) is 21.0. The van der Waals surface area contributed by atoms with E-state index in [9.17, 15) is 0 Å². The molecule has 7 nitrogen and oxygen atoms in total. The van der Waals surface area contributed by atoms with E-state index in [0.29, 0.717) is 0 Å². The van der Waals surface area contributed by atoms with E-state index in [0.717, 1.165) is 89.1 Å². The smallest absolute Gasteiger partial charge is 0.161 e. The van der Waals surface area contributed by atoms with Gasteiger partial charge in [-0.15, -0.1) is 0 Å². The van der Waals surface area contributed by atoms with E-state index < -0.39 is 0 Å². The third-order valence-electron chi connectivity index (χ3n) is 7.60. The van der Waals surface area contributed by atoms with E-state index >= 15 is 0 Å². The topological polar surface area (TPSA) is 48.0 Å². The molecule has 7 heteroatoms. The number of rotatable bonds is 7. The number of aryl methyl sites for hydroxylation is 1. The van der Waals surface area contributed by atoms with Crippen molar-refractivity contribution < 1.29 is 4.74 Å². The van der Waals surface area contributed by atoms with Gasteiger partial charge >= 0.3 is 0 Å². The van der Waals surface area contributed by atoms with Crippen LogP contribution in [0.4, 0.5) is 11.5 Å². The molecule has 0 atom stereocenters. The summed E-state index contributed by atoms with van der Waals surface area (Å²) in [7, 11) is 2.20. The molecule has 2 aromatic rings. The molecule has 5 rings (SSSR count). The maximum atomic E-state index is 5.47. The number of anilines is 2. The highest BCUT2D eigenvalue weighted by Crippen LogP contribution is 2.30. The summed E-state index contributed by atoms with van der Waals surface area (Å²) in [5.41, 5.74) is 4.90. The lowest BCUT2D eigenvalue weighted by molar-refractivity contribution is 0.0372.